The Kier molecular flexibility index (Phi) is 17.2. The first-order valence-electron chi connectivity index (χ1n) is 15.8. The lowest BCUT2D eigenvalue weighted by molar-refractivity contribution is -0.143. The lowest BCUT2D eigenvalue weighted by Gasteiger charge is -2.26. The number of aryl methyl sites for hydroxylation is 1. The van der Waals surface area contributed by atoms with Gasteiger partial charge >= 0.3 is 12.1 Å². The number of ether oxygens (including phenoxy) is 1. The number of para-hydroxylation sites is 1. The molecule has 4 N–H and O–H groups in total. The Balaban J connectivity index is 0.000000578. The largest absolute Gasteiger partial charge is 0.480 e. The van der Waals surface area contributed by atoms with Gasteiger partial charge in [-0.2, -0.15) is 0 Å². The molecule has 2 atom stereocenters. The van der Waals surface area contributed by atoms with Crippen LogP contribution in [0.3, 0.4) is 0 Å². The molecule has 12 nitrogen and oxygen atoms in total. The minimum absolute atomic E-state index is 0.165. The molecule has 1 fully saturated rings. The standard InChI is InChI=1S/C22H37N3O6.C9H7FN2O.C2H6/c1-5-6-7-8-9-10-12-16(20(28)29)24-19(27)17-13-11-14-25(17)18(26)15-23-21(30)31-22(2,3)4;1-5-9(13)12-8-6(10)3-2-4-7(8)11-5;1-2/h9-10,16-17H,5-8,11-15H2,1-4H3,(H,23,30)(H,24,27)(H,28,29);2-4H,1H3,(H,12,13);1-2H3/b10-9-;;. The first-order valence-corrected chi connectivity index (χ1v) is 15.8. The second kappa shape index (κ2) is 20.0. The topological polar surface area (TPSA) is 171 Å². The van der Waals surface area contributed by atoms with E-state index in [0.29, 0.717) is 30.6 Å². The molecule has 0 spiro atoms. The van der Waals surface area contributed by atoms with Gasteiger partial charge in [0.2, 0.25) is 11.8 Å². The maximum atomic E-state index is 13.1. The fourth-order valence-corrected chi connectivity index (χ4v) is 4.42. The van der Waals surface area contributed by atoms with Crippen LogP contribution in [0.25, 0.3) is 11.0 Å². The van der Waals surface area contributed by atoms with Crippen molar-refractivity contribution in [3.8, 4) is 0 Å². The van der Waals surface area contributed by atoms with Crippen LogP contribution in [0, 0.1) is 12.7 Å². The second-order valence-electron chi connectivity index (χ2n) is 11.5. The van der Waals surface area contributed by atoms with Crippen molar-refractivity contribution in [3.63, 3.8) is 0 Å². The van der Waals surface area contributed by atoms with Crippen molar-refractivity contribution < 1.29 is 33.4 Å². The Morgan fingerprint density at radius 3 is 2.52 bits per heavy atom. The Hall–Kier alpha value is -4.29. The van der Waals surface area contributed by atoms with E-state index in [4.69, 9.17) is 4.74 Å². The molecule has 3 amide bonds. The van der Waals surface area contributed by atoms with Crippen LogP contribution in [0.5, 0.6) is 0 Å². The van der Waals surface area contributed by atoms with Gasteiger partial charge in [0, 0.05) is 6.54 Å². The number of aromatic nitrogens is 2. The molecule has 1 aromatic carbocycles. The van der Waals surface area contributed by atoms with Crippen LogP contribution in [0.15, 0.2) is 35.1 Å². The summed E-state index contributed by atoms with van der Waals surface area (Å²) < 4.78 is 18.2. The predicted molar refractivity (Wildman–Crippen MR) is 175 cm³/mol. The molecule has 1 aliphatic rings. The van der Waals surface area contributed by atoms with Crippen LogP contribution >= 0.6 is 0 Å². The predicted octanol–water partition coefficient (Wildman–Crippen LogP) is 4.99. The monoisotopic (exact) mass is 647 g/mol. The van der Waals surface area contributed by atoms with E-state index >= 15 is 0 Å². The average molecular weight is 648 g/mol. The van der Waals surface area contributed by atoms with Crippen LogP contribution in [0.2, 0.25) is 0 Å². The van der Waals surface area contributed by atoms with Gasteiger partial charge < -0.3 is 30.4 Å². The third kappa shape index (κ3) is 13.8. The van der Waals surface area contributed by atoms with Gasteiger partial charge in [-0.1, -0.05) is 51.8 Å². The van der Waals surface area contributed by atoms with Gasteiger partial charge in [0.25, 0.3) is 5.56 Å². The van der Waals surface area contributed by atoms with E-state index in [1.165, 1.54) is 11.0 Å². The number of carbonyl (C=O) groups excluding carboxylic acids is 3. The number of carboxylic acids is 1. The van der Waals surface area contributed by atoms with Crippen molar-refractivity contribution in [1.82, 2.24) is 25.5 Å². The molecule has 1 aliphatic heterocycles. The molecule has 0 aliphatic carbocycles. The SMILES string of the molecule is CC.CCCCC/C=C\CC(NC(=O)C1CCCN1C(=O)CNC(=O)OC(C)(C)C)C(=O)O.Cc1nc2cccc(F)c2[nH]c1=O. The number of halogens is 1. The number of allylic oxidation sites excluding steroid dienone is 1. The van der Waals surface area contributed by atoms with E-state index in [0.717, 1.165) is 25.7 Å². The first-order chi connectivity index (χ1) is 21.7. The van der Waals surface area contributed by atoms with Gasteiger partial charge in [-0.05, 0) is 71.9 Å². The molecular formula is C33H50FN5O7. The van der Waals surface area contributed by atoms with Gasteiger partial charge in [-0.15, -0.1) is 0 Å². The maximum Gasteiger partial charge on any atom is 0.408 e. The van der Waals surface area contributed by atoms with E-state index < -0.39 is 47.4 Å². The van der Waals surface area contributed by atoms with Crippen LogP contribution in [-0.2, 0) is 19.1 Å². The molecule has 0 saturated carbocycles. The molecule has 256 valence electrons. The first kappa shape index (κ1) is 39.7. The molecule has 3 rings (SSSR count). The van der Waals surface area contributed by atoms with Crippen molar-refractivity contribution in [1.29, 1.82) is 0 Å². The highest BCUT2D eigenvalue weighted by Crippen LogP contribution is 2.18. The number of nitrogens with one attached hydrogen (secondary N) is 3. The fraction of sp³-hybridized carbons (Fsp3) is 0.576. The number of benzene rings is 1. The molecular weight excluding hydrogens is 597 g/mol. The Labute approximate surface area is 270 Å². The summed E-state index contributed by atoms with van der Waals surface area (Å²) >= 11 is 0. The number of likely N-dealkylation sites (tertiary alicyclic amines) is 1. The summed E-state index contributed by atoms with van der Waals surface area (Å²) in [4.78, 5) is 67.3. The molecule has 0 bridgehead atoms. The van der Waals surface area contributed by atoms with Gasteiger partial charge in [0.05, 0.1) is 5.52 Å². The number of rotatable bonds is 11. The van der Waals surface area contributed by atoms with Crippen molar-refractivity contribution in [3.05, 3.63) is 52.2 Å². The van der Waals surface area contributed by atoms with Crippen molar-refractivity contribution >= 4 is 34.9 Å². The highest BCUT2D eigenvalue weighted by atomic mass is 19.1. The maximum absolute atomic E-state index is 13.1. The Morgan fingerprint density at radius 1 is 1.20 bits per heavy atom. The number of hydrogen-bond acceptors (Lipinski definition) is 7. The molecule has 1 saturated heterocycles. The summed E-state index contributed by atoms with van der Waals surface area (Å²) in [6.45, 7) is 12.9. The Bertz CT molecular complexity index is 1390. The molecule has 0 radical (unpaired) electrons. The van der Waals surface area contributed by atoms with Gasteiger partial charge in [-0.3, -0.25) is 14.4 Å². The van der Waals surface area contributed by atoms with E-state index in [1.807, 2.05) is 19.9 Å². The van der Waals surface area contributed by atoms with Crippen LogP contribution in [0.4, 0.5) is 9.18 Å². The summed E-state index contributed by atoms with van der Waals surface area (Å²) in [5.74, 6) is -2.47. The summed E-state index contributed by atoms with van der Waals surface area (Å²) in [6, 6.07) is 2.70. The molecule has 46 heavy (non-hydrogen) atoms. The lowest BCUT2D eigenvalue weighted by Crippen LogP contribution is -2.52. The number of aliphatic carboxylic acids is 1. The van der Waals surface area contributed by atoms with Crippen molar-refractivity contribution in [2.45, 2.75) is 111 Å². The van der Waals surface area contributed by atoms with Gasteiger partial charge in [0.1, 0.15) is 41.3 Å². The van der Waals surface area contributed by atoms with Gasteiger partial charge in [0.15, 0.2) is 0 Å². The summed E-state index contributed by atoms with van der Waals surface area (Å²) in [6.07, 6.45) is 8.43. The van der Waals surface area contributed by atoms with Crippen LogP contribution < -0.4 is 16.2 Å². The number of fused-ring (bicyclic) bond motifs is 1. The van der Waals surface area contributed by atoms with E-state index in [-0.39, 0.29) is 24.0 Å². The van der Waals surface area contributed by atoms with Crippen molar-refractivity contribution in [2.75, 3.05) is 13.1 Å². The highest BCUT2D eigenvalue weighted by Gasteiger charge is 2.35. The van der Waals surface area contributed by atoms with Gasteiger partial charge in [-0.25, -0.2) is 19.0 Å². The molecule has 2 heterocycles. The number of hydrogen-bond donors (Lipinski definition) is 4. The zero-order valence-corrected chi connectivity index (χ0v) is 28.1. The number of carboxylic acid groups (broad SMARTS) is 1. The summed E-state index contributed by atoms with van der Waals surface area (Å²) in [5, 5.41) is 14.4. The van der Waals surface area contributed by atoms with E-state index in [1.54, 1.807) is 45.9 Å². The number of unbranched alkanes of at least 4 members (excludes halogenated alkanes) is 3. The smallest absolute Gasteiger partial charge is 0.408 e. The minimum Gasteiger partial charge on any atom is -0.480 e. The number of alkyl carbamates (subject to hydrolysis) is 1. The highest BCUT2D eigenvalue weighted by molar-refractivity contribution is 5.92. The van der Waals surface area contributed by atoms with E-state index in [2.05, 4.69) is 27.5 Å². The zero-order valence-electron chi connectivity index (χ0n) is 28.1. The number of carbonyl (C=O) groups is 4. The number of nitrogens with zero attached hydrogens (tertiary/aromatic N) is 2. The lowest BCUT2D eigenvalue weighted by atomic mass is 10.1. The molecule has 2 aromatic rings. The quantitative estimate of drug-likeness (QED) is 0.195. The third-order valence-electron chi connectivity index (χ3n) is 6.63. The van der Waals surface area contributed by atoms with Crippen molar-refractivity contribution in [2.24, 2.45) is 0 Å². The number of amides is 3. The molecule has 2 unspecified atom stereocenters. The molecule has 1 aromatic heterocycles. The fourth-order valence-electron chi connectivity index (χ4n) is 4.42. The van der Waals surface area contributed by atoms with Crippen LogP contribution in [0.1, 0.15) is 92.2 Å². The normalized spacial score (nSPS) is 14.9. The average Bonchev–Trinajstić information content (AvgIpc) is 3.49. The molecule has 13 heteroatoms. The zero-order chi connectivity index (χ0) is 34.9. The second-order valence-corrected chi connectivity index (χ2v) is 11.5. The minimum atomic E-state index is -1.12. The van der Waals surface area contributed by atoms with Crippen LogP contribution in [-0.4, -0.2) is 74.6 Å². The summed E-state index contributed by atoms with van der Waals surface area (Å²) in [7, 11) is 0. The third-order valence-corrected chi connectivity index (χ3v) is 6.63. The van der Waals surface area contributed by atoms with E-state index in [9.17, 15) is 33.5 Å². The number of aromatic amines is 1. The summed E-state index contributed by atoms with van der Waals surface area (Å²) in [5.41, 5.74) is -0.0506. The number of H-pyrrole nitrogens is 1. The Morgan fingerprint density at radius 2 is 1.89 bits per heavy atom.